The van der Waals surface area contributed by atoms with E-state index in [9.17, 15) is 0 Å². The second-order valence-electron chi connectivity index (χ2n) is 4.47. The molecule has 0 saturated heterocycles. The van der Waals surface area contributed by atoms with E-state index in [0.717, 1.165) is 5.56 Å². The summed E-state index contributed by atoms with van der Waals surface area (Å²) in [5, 5.41) is 3.20. The molecule has 0 aliphatic rings. The minimum atomic E-state index is 0.0866. The third-order valence-corrected chi connectivity index (χ3v) is 2.48. The van der Waals surface area contributed by atoms with E-state index < -0.39 is 0 Å². The number of anilines is 1. The molecule has 2 rings (SSSR count). The van der Waals surface area contributed by atoms with Crippen molar-refractivity contribution in [2.75, 3.05) is 12.4 Å². The molecule has 0 aliphatic heterocycles. The van der Waals surface area contributed by atoms with E-state index in [1.54, 1.807) is 19.4 Å². The van der Waals surface area contributed by atoms with Crippen LogP contribution in [-0.2, 0) is 6.54 Å². The summed E-state index contributed by atoms with van der Waals surface area (Å²) < 4.78 is 10.5. The molecular formula is C14H18N4O2. The summed E-state index contributed by atoms with van der Waals surface area (Å²) >= 11 is 0. The fourth-order valence-electron chi connectivity index (χ4n) is 1.57. The quantitative estimate of drug-likeness (QED) is 0.871. The number of methoxy groups -OCH3 is 1. The number of nitrogens with zero attached hydrogens (tertiary/aromatic N) is 3. The highest BCUT2D eigenvalue weighted by atomic mass is 16.5. The fraction of sp³-hybridized carbons (Fsp3) is 0.357. The molecule has 0 amide bonds. The lowest BCUT2D eigenvalue weighted by molar-refractivity contribution is 0.232. The molecule has 106 valence electrons. The van der Waals surface area contributed by atoms with E-state index in [1.165, 1.54) is 6.33 Å². The molecule has 20 heavy (non-hydrogen) atoms. The maximum absolute atomic E-state index is 5.52. The highest BCUT2D eigenvalue weighted by Gasteiger charge is 2.02. The van der Waals surface area contributed by atoms with Gasteiger partial charge in [0, 0.05) is 24.9 Å². The minimum Gasteiger partial charge on any atom is -0.481 e. The summed E-state index contributed by atoms with van der Waals surface area (Å²) in [7, 11) is 1.59. The number of hydrogen-bond acceptors (Lipinski definition) is 6. The molecule has 2 aromatic heterocycles. The molecule has 0 radical (unpaired) electrons. The highest BCUT2D eigenvalue weighted by molar-refractivity contribution is 5.38. The topological polar surface area (TPSA) is 69.2 Å². The van der Waals surface area contributed by atoms with E-state index in [0.29, 0.717) is 24.1 Å². The van der Waals surface area contributed by atoms with Crippen LogP contribution in [0, 0.1) is 0 Å². The van der Waals surface area contributed by atoms with Gasteiger partial charge >= 0.3 is 0 Å². The van der Waals surface area contributed by atoms with Crippen molar-refractivity contribution in [3.63, 3.8) is 0 Å². The molecule has 0 unspecified atom stereocenters. The third-order valence-electron chi connectivity index (χ3n) is 2.48. The smallest absolute Gasteiger partial charge is 0.218 e. The Hall–Kier alpha value is -2.37. The van der Waals surface area contributed by atoms with Crippen molar-refractivity contribution in [3.05, 3.63) is 36.3 Å². The van der Waals surface area contributed by atoms with Crippen molar-refractivity contribution in [1.82, 2.24) is 15.0 Å². The third kappa shape index (κ3) is 4.08. The fourth-order valence-corrected chi connectivity index (χ4v) is 1.57. The molecule has 6 nitrogen and oxygen atoms in total. The molecule has 0 saturated carbocycles. The number of ether oxygens (including phenoxy) is 2. The van der Waals surface area contributed by atoms with Crippen molar-refractivity contribution in [2.45, 2.75) is 26.5 Å². The lowest BCUT2D eigenvalue weighted by atomic mass is 10.3. The van der Waals surface area contributed by atoms with Crippen LogP contribution in [0.25, 0.3) is 0 Å². The molecule has 6 heteroatoms. The first-order valence-corrected chi connectivity index (χ1v) is 6.39. The summed E-state index contributed by atoms with van der Waals surface area (Å²) in [6.45, 7) is 4.53. The summed E-state index contributed by atoms with van der Waals surface area (Å²) in [5.41, 5.74) is 1.04. The first-order chi connectivity index (χ1) is 9.67. The Morgan fingerprint density at radius 3 is 2.65 bits per heavy atom. The van der Waals surface area contributed by atoms with Gasteiger partial charge in [-0.25, -0.2) is 15.0 Å². The Morgan fingerprint density at radius 2 is 2.00 bits per heavy atom. The molecule has 2 aromatic rings. The van der Waals surface area contributed by atoms with Crippen LogP contribution in [0.15, 0.2) is 30.7 Å². The number of rotatable bonds is 6. The molecular weight excluding hydrogens is 256 g/mol. The van der Waals surface area contributed by atoms with Gasteiger partial charge in [0.15, 0.2) is 0 Å². The first-order valence-electron chi connectivity index (χ1n) is 6.39. The molecule has 2 heterocycles. The van der Waals surface area contributed by atoms with Crippen molar-refractivity contribution >= 4 is 5.82 Å². The monoisotopic (exact) mass is 274 g/mol. The zero-order chi connectivity index (χ0) is 14.4. The van der Waals surface area contributed by atoms with E-state index in [1.807, 2.05) is 26.0 Å². The van der Waals surface area contributed by atoms with E-state index >= 15 is 0 Å². The average molecular weight is 274 g/mol. The van der Waals surface area contributed by atoms with Gasteiger partial charge in [-0.3, -0.25) is 0 Å². The van der Waals surface area contributed by atoms with Crippen LogP contribution < -0.4 is 14.8 Å². The Morgan fingerprint density at radius 1 is 1.15 bits per heavy atom. The van der Waals surface area contributed by atoms with Gasteiger partial charge in [0.2, 0.25) is 11.8 Å². The zero-order valence-corrected chi connectivity index (χ0v) is 11.8. The molecule has 0 spiro atoms. The summed E-state index contributed by atoms with van der Waals surface area (Å²) in [5.74, 6) is 1.88. The largest absolute Gasteiger partial charge is 0.481 e. The van der Waals surface area contributed by atoms with Crippen LogP contribution in [0.1, 0.15) is 19.4 Å². The van der Waals surface area contributed by atoms with Crippen LogP contribution in [0.4, 0.5) is 5.82 Å². The van der Waals surface area contributed by atoms with Crippen molar-refractivity contribution in [1.29, 1.82) is 0 Å². The van der Waals surface area contributed by atoms with E-state index in [-0.39, 0.29) is 6.10 Å². The van der Waals surface area contributed by atoms with E-state index in [4.69, 9.17) is 9.47 Å². The van der Waals surface area contributed by atoms with Crippen LogP contribution in [0.2, 0.25) is 0 Å². The second kappa shape index (κ2) is 6.70. The number of nitrogens with one attached hydrogen (secondary N) is 1. The number of hydrogen-bond donors (Lipinski definition) is 1. The summed E-state index contributed by atoms with van der Waals surface area (Å²) in [4.78, 5) is 12.3. The van der Waals surface area contributed by atoms with Gasteiger partial charge < -0.3 is 14.8 Å². The predicted octanol–water partition coefficient (Wildman–Crippen LogP) is 2.28. The summed E-state index contributed by atoms with van der Waals surface area (Å²) in [6.07, 6.45) is 3.33. The standard InChI is InChI=1S/C14H18N4O2/c1-10(2)20-14-6-12(17-9-18-14)15-7-11-4-5-13(19-3)16-8-11/h4-6,8-10H,7H2,1-3H3,(H,15,17,18). The van der Waals surface area contributed by atoms with Gasteiger partial charge in [0.05, 0.1) is 13.2 Å². The number of aromatic nitrogens is 3. The second-order valence-corrected chi connectivity index (χ2v) is 4.47. The van der Waals surface area contributed by atoms with Crippen molar-refractivity contribution in [3.8, 4) is 11.8 Å². The molecule has 0 aliphatic carbocycles. The average Bonchev–Trinajstić information content (AvgIpc) is 2.45. The minimum absolute atomic E-state index is 0.0866. The predicted molar refractivity (Wildman–Crippen MR) is 75.9 cm³/mol. The Bertz CT molecular complexity index is 543. The van der Waals surface area contributed by atoms with Gasteiger partial charge in [0.1, 0.15) is 12.1 Å². The molecule has 1 N–H and O–H groups in total. The van der Waals surface area contributed by atoms with Crippen molar-refractivity contribution in [2.24, 2.45) is 0 Å². The van der Waals surface area contributed by atoms with Crippen LogP contribution in [0.3, 0.4) is 0 Å². The van der Waals surface area contributed by atoms with Crippen LogP contribution >= 0.6 is 0 Å². The Balaban J connectivity index is 1.95. The maximum atomic E-state index is 5.52. The SMILES string of the molecule is COc1ccc(CNc2cc(OC(C)C)ncn2)cn1. The Kier molecular flexibility index (Phi) is 4.70. The molecule has 0 atom stereocenters. The normalized spacial score (nSPS) is 10.4. The first kappa shape index (κ1) is 14.0. The molecule has 0 aromatic carbocycles. The van der Waals surface area contributed by atoms with Gasteiger partial charge in [-0.1, -0.05) is 6.07 Å². The molecule has 0 fully saturated rings. The zero-order valence-electron chi connectivity index (χ0n) is 11.8. The van der Waals surface area contributed by atoms with Crippen LogP contribution in [0.5, 0.6) is 11.8 Å². The van der Waals surface area contributed by atoms with Crippen LogP contribution in [-0.4, -0.2) is 28.2 Å². The molecule has 0 bridgehead atoms. The lowest BCUT2D eigenvalue weighted by Gasteiger charge is -2.10. The lowest BCUT2D eigenvalue weighted by Crippen LogP contribution is -2.08. The number of pyridine rings is 1. The summed E-state index contributed by atoms with van der Waals surface area (Å²) in [6, 6.07) is 5.55. The van der Waals surface area contributed by atoms with Gasteiger partial charge in [-0.05, 0) is 19.4 Å². The van der Waals surface area contributed by atoms with Gasteiger partial charge in [-0.2, -0.15) is 0 Å². The maximum Gasteiger partial charge on any atom is 0.218 e. The van der Waals surface area contributed by atoms with Gasteiger partial charge in [0.25, 0.3) is 0 Å². The Labute approximate surface area is 118 Å². The van der Waals surface area contributed by atoms with E-state index in [2.05, 4.69) is 20.3 Å². The van der Waals surface area contributed by atoms with Gasteiger partial charge in [-0.15, -0.1) is 0 Å². The van der Waals surface area contributed by atoms with Crippen molar-refractivity contribution < 1.29 is 9.47 Å². The highest BCUT2D eigenvalue weighted by Crippen LogP contribution is 2.14.